The number of carbonyl (C=O) groups excluding carboxylic acids is 2. The summed E-state index contributed by atoms with van der Waals surface area (Å²) in [5.41, 5.74) is 0.855. The Morgan fingerprint density at radius 2 is 1.79 bits per heavy atom. The van der Waals surface area contributed by atoms with Crippen molar-refractivity contribution in [1.29, 1.82) is 0 Å². The molecule has 0 radical (unpaired) electrons. The molecule has 33 heavy (non-hydrogen) atoms. The van der Waals surface area contributed by atoms with Crippen LogP contribution < -0.4 is 4.90 Å². The largest absolute Gasteiger partial charge is 0.354 e. The highest BCUT2D eigenvalue weighted by atomic mass is 19.1. The van der Waals surface area contributed by atoms with Gasteiger partial charge in [-0.25, -0.2) is 19.4 Å². The summed E-state index contributed by atoms with van der Waals surface area (Å²) in [4.78, 5) is 37.2. The maximum Gasteiger partial charge on any atom is 0.275 e. The van der Waals surface area contributed by atoms with Gasteiger partial charge >= 0.3 is 0 Å². The van der Waals surface area contributed by atoms with Crippen LogP contribution in [-0.2, 0) is 4.79 Å². The average molecular weight is 453 g/mol. The van der Waals surface area contributed by atoms with Crippen LogP contribution in [0.4, 0.5) is 10.2 Å². The lowest BCUT2D eigenvalue weighted by Gasteiger charge is -2.34. The standard InChI is InChI=1S/C24H29FN6O2/c1-3-29(4-2)24(33)21-20(25)22(27-16-26-21)30-14-11-18(12-15-30)23(32)31-19(10-13-28-31)17-8-6-5-7-9-17/h5-9,13,16,18-19H,3-4,10-12,14-15H2,1-2H3. The van der Waals surface area contributed by atoms with Crippen molar-refractivity contribution in [2.24, 2.45) is 11.0 Å². The van der Waals surface area contributed by atoms with Crippen LogP contribution in [0.15, 0.2) is 41.8 Å². The highest BCUT2D eigenvalue weighted by Gasteiger charge is 2.35. The van der Waals surface area contributed by atoms with Gasteiger partial charge in [0.25, 0.3) is 5.91 Å². The maximum atomic E-state index is 15.2. The number of hydrogen-bond donors (Lipinski definition) is 0. The SMILES string of the molecule is CCN(CC)C(=O)c1ncnc(N2CCC(C(=O)N3N=CCC3c3ccccc3)CC2)c1F. The number of hydrogen-bond acceptors (Lipinski definition) is 6. The van der Waals surface area contributed by atoms with Gasteiger partial charge in [-0.3, -0.25) is 9.59 Å². The zero-order valence-corrected chi connectivity index (χ0v) is 19.0. The molecule has 1 saturated heterocycles. The Kier molecular flexibility index (Phi) is 6.96. The minimum absolute atomic E-state index is 0.00203. The van der Waals surface area contributed by atoms with Gasteiger partial charge in [0.05, 0.1) is 6.04 Å². The van der Waals surface area contributed by atoms with Crippen LogP contribution >= 0.6 is 0 Å². The van der Waals surface area contributed by atoms with Crippen molar-refractivity contribution < 1.29 is 14.0 Å². The van der Waals surface area contributed by atoms with E-state index in [0.717, 1.165) is 5.56 Å². The van der Waals surface area contributed by atoms with E-state index in [1.165, 1.54) is 11.2 Å². The molecule has 1 atom stereocenters. The summed E-state index contributed by atoms with van der Waals surface area (Å²) in [5, 5.41) is 5.94. The Morgan fingerprint density at radius 1 is 1.09 bits per heavy atom. The zero-order valence-electron chi connectivity index (χ0n) is 19.0. The number of anilines is 1. The molecule has 3 heterocycles. The monoisotopic (exact) mass is 452 g/mol. The minimum atomic E-state index is -0.701. The van der Waals surface area contributed by atoms with Gasteiger partial charge in [-0.05, 0) is 32.3 Å². The van der Waals surface area contributed by atoms with Crippen molar-refractivity contribution in [3.8, 4) is 0 Å². The first-order valence-electron chi connectivity index (χ1n) is 11.5. The predicted octanol–water partition coefficient (Wildman–Crippen LogP) is 3.27. The predicted molar refractivity (Wildman–Crippen MR) is 123 cm³/mol. The third kappa shape index (κ3) is 4.58. The van der Waals surface area contributed by atoms with Gasteiger partial charge in [0.15, 0.2) is 17.3 Å². The average Bonchev–Trinajstić information content (AvgIpc) is 3.35. The van der Waals surface area contributed by atoms with Crippen molar-refractivity contribution in [1.82, 2.24) is 19.9 Å². The molecular formula is C24H29FN6O2. The molecule has 2 aliphatic rings. The molecule has 1 aromatic carbocycles. The van der Waals surface area contributed by atoms with Gasteiger partial charge in [0.2, 0.25) is 5.91 Å². The summed E-state index contributed by atoms with van der Waals surface area (Å²) in [6.45, 7) is 5.58. The fourth-order valence-electron chi connectivity index (χ4n) is 4.49. The molecule has 0 saturated carbocycles. The molecule has 1 unspecified atom stereocenters. The van der Waals surface area contributed by atoms with Crippen LogP contribution in [0.25, 0.3) is 0 Å². The van der Waals surface area contributed by atoms with Crippen LogP contribution in [-0.4, -0.2) is 64.1 Å². The molecule has 174 valence electrons. The highest BCUT2D eigenvalue weighted by Crippen LogP contribution is 2.32. The second-order valence-electron chi connectivity index (χ2n) is 8.24. The quantitative estimate of drug-likeness (QED) is 0.672. The van der Waals surface area contributed by atoms with E-state index in [1.54, 1.807) is 16.1 Å². The molecule has 0 aliphatic carbocycles. The number of nitrogens with zero attached hydrogens (tertiary/aromatic N) is 6. The summed E-state index contributed by atoms with van der Waals surface area (Å²) in [6.07, 6.45) is 4.85. The van der Waals surface area contributed by atoms with Crippen molar-refractivity contribution >= 4 is 23.8 Å². The molecule has 9 heteroatoms. The number of benzene rings is 1. The van der Waals surface area contributed by atoms with E-state index in [9.17, 15) is 9.59 Å². The third-order valence-corrected chi connectivity index (χ3v) is 6.41. The number of rotatable bonds is 6. The number of hydrazone groups is 1. The van der Waals surface area contributed by atoms with Crippen LogP contribution in [0.5, 0.6) is 0 Å². The third-order valence-electron chi connectivity index (χ3n) is 6.41. The zero-order chi connectivity index (χ0) is 23.4. The van der Waals surface area contributed by atoms with Gasteiger partial charge in [-0.2, -0.15) is 5.10 Å². The Labute approximate surface area is 193 Å². The molecule has 2 aliphatic heterocycles. The summed E-state index contributed by atoms with van der Waals surface area (Å²) in [5.74, 6) is -1.22. The second kappa shape index (κ2) is 10.1. The first-order valence-corrected chi connectivity index (χ1v) is 11.5. The summed E-state index contributed by atoms with van der Waals surface area (Å²) in [7, 11) is 0. The lowest BCUT2D eigenvalue weighted by Crippen LogP contribution is -2.42. The molecule has 1 fully saturated rings. The Hall–Kier alpha value is -3.36. The molecule has 0 N–H and O–H groups in total. The van der Waals surface area contributed by atoms with Crippen LogP contribution in [0.2, 0.25) is 0 Å². The molecule has 2 aromatic rings. The second-order valence-corrected chi connectivity index (χ2v) is 8.24. The number of piperidine rings is 1. The number of carbonyl (C=O) groups is 2. The molecule has 1 aromatic heterocycles. The van der Waals surface area contributed by atoms with Crippen molar-refractivity contribution in [2.45, 2.75) is 39.2 Å². The summed E-state index contributed by atoms with van der Waals surface area (Å²) in [6, 6.07) is 9.82. The highest BCUT2D eigenvalue weighted by molar-refractivity contribution is 5.93. The number of aromatic nitrogens is 2. The number of amides is 2. The topological polar surface area (TPSA) is 82.0 Å². The van der Waals surface area contributed by atoms with E-state index < -0.39 is 11.7 Å². The first kappa shape index (κ1) is 22.8. The van der Waals surface area contributed by atoms with E-state index in [2.05, 4.69) is 15.1 Å². The fourth-order valence-corrected chi connectivity index (χ4v) is 4.49. The Balaban J connectivity index is 1.43. The van der Waals surface area contributed by atoms with Gasteiger partial charge < -0.3 is 9.80 Å². The van der Waals surface area contributed by atoms with E-state index in [-0.39, 0.29) is 29.4 Å². The van der Waals surface area contributed by atoms with Crippen LogP contribution in [0.3, 0.4) is 0 Å². The number of halogens is 1. The minimum Gasteiger partial charge on any atom is -0.354 e. The maximum absolute atomic E-state index is 15.2. The fraction of sp³-hybridized carbons (Fsp3) is 0.458. The summed E-state index contributed by atoms with van der Waals surface area (Å²) < 4.78 is 15.2. The van der Waals surface area contributed by atoms with Gasteiger partial charge in [-0.1, -0.05) is 30.3 Å². The molecule has 8 nitrogen and oxygen atoms in total. The lowest BCUT2D eigenvalue weighted by molar-refractivity contribution is -0.138. The van der Waals surface area contributed by atoms with E-state index in [1.807, 2.05) is 44.2 Å². The Morgan fingerprint density at radius 3 is 2.45 bits per heavy atom. The Bertz CT molecular complexity index is 1020. The van der Waals surface area contributed by atoms with Crippen molar-refractivity contribution in [2.75, 3.05) is 31.1 Å². The lowest BCUT2D eigenvalue weighted by atomic mass is 9.94. The van der Waals surface area contributed by atoms with Gasteiger partial charge in [0.1, 0.15) is 6.33 Å². The molecular weight excluding hydrogens is 423 g/mol. The molecule has 0 bridgehead atoms. The summed E-state index contributed by atoms with van der Waals surface area (Å²) >= 11 is 0. The van der Waals surface area contributed by atoms with E-state index in [4.69, 9.17) is 0 Å². The van der Waals surface area contributed by atoms with E-state index in [0.29, 0.717) is 45.4 Å². The van der Waals surface area contributed by atoms with Crippen molar-refractivity contribution in [3.05, 3.63) is 53.7 Å². The molecule has 0 spiro atoms. The smallest absolute Gasteiger partial charge is 0.275 e. The first-order chi connectivity index (χ1) is 16.0. The normalized spacial score (nSPS) is 18.6. The van der Waals surface area contributed by atoms with Crippen LogP contribution in [0.1, 0.15) is 55.2 Å². The van der Waals surface area contributed by atoms with Gasteiger partial charge in [0, 0.05) is 44.7 Å². The molecule has 4 rings (SSSR count). The van der Waals surface area contributed by atoms with Crippen LogP contribution in [0, 0.1) is 11.7 Å². The van der Waals surface area contributed by atoms with E-state index >= 15 is 4.39 Å². The molecule has 2 amide bonds. The van der Waals surface area contributed by atoms with Crippen molar-refractivity contribution in [3.63, 3.8) is 0 Å². The van der Waals surface area contributed by atoms with Gasteiger partial charge in [-0.15, -0.1) is 0 Å².